The van der Waals surface area contributed by atoms with Gasteiger partial charge in [-0.3, -0.25) is 4.79 Å². The van der Waals surface area contributed by atoms with Crippen molar-refractivity contribution in [2.75, 3.05) is 0 Å². The molecule has 174 valence electrons. The molecule has 0 saturated carbocycles. The number of benzene rings is 1. The molecule has 31 heavy (non-hydrogen) atoms. The van der Waals surface area contributed by atoms with Gasteiger partial charge in [-0.2, -0.15) is 0 Å². The minimum absolute atomic E-state index is 0.274. The standard InChI is InChI=1S/C25H38O2.C2H4O2/c1-7-8-9-10-17(3)18(4)19-14-22(26)24-20-13-16(2)11-12-21(20)25(5,6)27-23(24)15-19;1-2(3)4/h14-18,26H,7-13H2,1-6H3;1H3,(H,3,4). The predicted octanol–water partition coefficient (Wildman–Crippen LogP) is 7.55. The van der Waals surface area contributed by atoms with Crippen molar-refractivity contribution in [2.45, 2.75) is 105 Å². The van der Waals surface area contributed by atoms with Gasteiger partial charge in [0.05, 0.1) is 5.56 Å². The summed E-state index contributed by atoms with van der Waals surface area (Å²) in [5.74, 6) is 2.16. The topological polar surface area (TPSA) is 66.8 Å². The molecule has 1 aliphatic carbocycles. The van der Waals surface area contributed by atoms with Crippen LogP contribution in [0.4, 0.5) is 0 Å². The smallest absolute Gasteiger partial charge is 0.300 e. The van der Waals surface area contributed by atoms with Gasteiger partial charge in [0, 0.05) is 6.92 Å². The van der Waals surface area contributed by atoms with Gasteiger partial charge >= 0.3 is 0 Å². The largest absolute Gasteiger partial charge is 0.507 e. The summed E-state index contributed by atoms with van der Waals surface area (Å²) < 4.78 is 6.46. The summed E-state index contributed by atoms with van der Waals surface area (Å²) in [6, 6.07) is 4.21. The van der Waals surface area contributed by atoms with Gasteiger partial charge in [-0.15, -0.1) is 0 Å². The maximum Gasteiger partial charge on any atom is 0.300 e. The molecular formula is C27H42O4. The SMILES string of the molecule is CC(=O)O.CCCCCC(C)C(C)c1cc(O)c2c(c1)OC(C)(C)C1=C2CC(C)CC1. The van der Waals surface area contributed by atoms with E-state index in [-0.39, 0.29) is 5.60 Å². The molecular weight excluding hydrogens is 388 g/mol. The average Bonchev–Trinajstić information content (AvgIpc) is 2.65. The molecule has 0 bridgehead atoms. The summed E-state index contributed by atoms with van der Waals surface area (Å²) in [5, 5.41) is 18.4. The molecule has 0 radical (unpaired) electrons. The minimum atomic E-state index is -0.833. The third kappa shape index (κ3) is 6.27. The fourth-order valence-corrected chi connectivity index (χ4v) is 4.93. The van der Waals surface area contributed by atoms with Crippen molar-refractivity contribution in [3.63, 3.8) is 0 Å². The number of carboxylic acid groups (broad SMARTS) is 1. The summed E-state index contributed by atoms with van der Waals surface area (Å²) >= 11 is 0. The molecule has 4 nitrogen and oxygen atoms in total. The summed E-state index contributed by atoms with van der Waals surface area (Å²) in [6.07, 6.45) is 8.44. The van der Waals surface area contributed by atoms with Crippen molar-refractivity contribution < 1.29 is 19.7 Å². The maximum atomic E-state index is 11.0. The molecule has 0 amide bonds. The Morgan fingerprint density at radius 1 is 1.26 bits per heavy atom. The predicted molar refractivity (Wildman–Crippen MR) is 128 cm³/mol. The first-order chi connectivity index (χ1) is 14.5. The van der Waals surface area contributed by atoms with Crippen LogP contribution in [0.1, 0.15) is 110 Å². The van der Waals surface area contributed by atoms with Crippen LogP contribution in [-0.2, 0) is 4.79 Å². The second kappa shape index (κ2) is 10.6. The van der Waals surface area contributed by atoms with E-state index in [4.69, 9.17) is 14.6 Å². The van der Waals surface area contributed by atoms with Gasteiger partial charge in [-0.1, -0.05) is 53.4 Å². The molecule has 2 aliphatic rings. The minimum Gasteiger partial charge on any atom is -0.507 e. The Balaban J connectivity index is 0.000000785. The first-order valence-corrected chi connectivity index (χ1v) is 12.0. The Labute approximate surface area is 188 Å². The van der Waals surface area contributed by atoms with Gasteiger partial charge in [0.15, 0.2) is 0 Å². The zero-order valence-corrected chi connectivity index (χ0v) is 20.5. The number of hydrogen-bond acceptors (Lipinski definition) is 3. The summed E-state index contributed by atoms with van der Waals surface area (Å²) in [7, 11) is 0. The van der Waals surface area contributed by atoms with E-state index < -0.39 is 5.97 Å². The van der Waals surface area contributed by atoms with E-state index in [2.05, 4.69) is 47.6 Å². The van der Waals surface area contributed by atoms with Crippen molar-refractivity contribution in [3.05, 3.63) is 28.8 Å². The Hall–Kier alpha value is -1.97. The number of phenols is 1. The molecule has 2 N–H and O–H groups in total. The molecule has 1 aromatic carbocycles. The summed E-state index contributed by atoms with van der Waals surface area (Å²) in [5.41, 5.74) is 4.62. The zero-order valence-electron chi connectivity index (χ0n) is 20.5. The molecule has 0 aromatic heterocycles. The van der Waals surface area contributed by atoms with Gasteiger partial charge in [-0.05, 0) is 79.7 Å². The molecule has 1 aliphatic heterocycles. The molecule has 0 fully saturated rings. The number of aromatic hydroxyl groups is 1. The fraction of sp³-hybridized carbons (Fsp3) is 0.667. The summed E-state index contributed by atoms with van der Waals surface area (Å²) in [4.78, 5) is 9.00. The third-order valence-electron chi connectivity index (χ3n) is 6.94. The van der Waals surface area contributed by atoms with Crippen LogP contribution in [-0.4, -0.2) is 21.8 Å². The highest BCUT2D eigenvalue weighted by Gasteiger charge is 2.38. The van der Waals surface area contributed by atoms with Crippen LogP contribution in [0.5, 0.6) is 11.5 Å². The van der Waals surface area contributed by atoms with Gasteiger partial charge in [-0.25, -0.2) is 0 Å². The van der Waals surface area contributed by atoms with E-state index >= 15 is 0 Å². The number of rotatable bonds is 6. The Morgan fingerprint density at radius 3 is 2.52 bits per heavy atom. The second-order valence-corrected chi connectivity index (χ2v) is 10.1. The summed E-state index contributed by atoms with van der Waals surface area (Å²) in [6.45, 7) is 14.6. The lowest BCUT2D eigenvalue weighted by atomic mass is 9.74. The normalized spacial score (nSPS) is 21.1. The van der Waals surface area contributed by atoms with Crippen LogP contribution in [0.25, 0.3) is 5.57 Å². The van der Waals surface area contributed by atoms with Crippen LogP contribution in [0, 0.1) is 11.8 Å². The van der Waals surface area contributed by atoms with Crippen molar-refractivity contribution in [3.8, 4) is 11.5 Å². The van der Waals surface area contributed by atoms with Crippen LogP contribution in [0.3, 0.4) is 0 Å². The van der Waals surface area contributed by atoms with Crippen molar-refractivity contribution in [2.24, 2.45) is 11.8 Å². The zero-order chi connectivity index (χ0) is 23.3. The van der Waals surface area contributed by atoms with Crippen LogP contribution < -0.4 is 4.74 Å². The maximum absolute atomic E-state index is 11.0. The van der Waals surface area contributed by atoms with Crippen molar-refractivity contribution in [1.82, 2.24) is 0 Å². The molecule has 3 rings (SSSR count). The van der Waals surface area contributed by atoms with E-state index in [1.807, 2.05) is 6.07 Å². The van der Waals surface area contributed by atoms with E-state index in [1.165, 1.54) is 48.8 Å². The first kappa shape index (κ1) is 25.3. The Morgan fingerprint density at radius 2 is 1.90 bits per heavy atom. The van der Waals surface area contributed by atoms with Crippen LogP contribution in [0.15, 0.2) is 17.7 Å². The molecule has 0 saturated heterocycles. The molecule has 4 heteroatoms. The number of hydrogen-bond donors (Lipinski definition) is 2. The number of ether oxygens (including phenoxy) is 1. The third-order valence-corrected chi connectivity index (χ3v) is 6.94. The van der Waals surface area contributed by atoms with E-state index in [1.54, 1.807) is 0 Å². The van der Waals surface area contributed by atoms with Gasteiger partial charge < -0.3 is 14.9 Å². The van der Waals surface area contributed by atoms with Gasteiger partial charge in [0.1, 0.15) is 17.1 Å². The van der Waals surface area contributed by atoms with Crippen LogP contribution in [0.2, 0.25) is 0 Å². The molecule has 3 unspecified atom stereocenters. The fourth-order valence-electron chi connectivity index (χ4n) is 4.93. The van der Waals surface area contributed by atoms with E-state index in [9.17, 15) is 5.11 Å². The number of fused-ring (bicyclic) bond motifs is 2. The van der Waals surface area contributed by atoms with Gasteiger partial charge in [0.25, 0.3) is 5.97 Å². The van der Waals surface area contributed by atoms with E-state index in [0.29, 0.717) is 23.5 Å². The number of unbranched alkanes of at least 4 members (excludes halogenated alkanes) is 2. The van der Waals surface area contributed by atoms with Gasteiger partial charge in [0.2, 0.25) is 0 Å². The lowest BCUT2D eigenvalue weighted by molar-refractivity contribution is -0.134. The quantitative estimate of drug-likeness (QED) is 0.457. The molecule has 3 atom stereocenters. The molecule has 0 spiro atoms. The Bertz CT molecular complexity index is 802. The molecule has 1 heterocycles. The highest BCUT2D eigenvalue weighted by atomic mass is 16.5. The number of phenolic OH excluding ortho intramolecular Hbond substituents is 1. The number of aliphatic carboxylic acids is 1. The molecule has 1 aromatic rings. The van der Waals surface area contributed by atoms with E-state index in [0.717, 1.165) is 31.1 Å². The lowest BCUT2D eigenvalue weighted by Crippen LogP contribution is -2.36. The number of allylic oxidation sites excluding steroid dienone is 1. The Kier molecular flexibility index (Phi) is 8.62. The highest BCUT2D eigenvalue weighted by molar-refractivity contribution is 5.81. The van der Waals surface area contributed by atoms with Crippen molar-refractivity contribution in [1.29, 1.82) is 0 Å². The van der Waals surface area contributed by atoms with Crippen LogP contribution >= 0.6 is 0 Å². The monoisotopic (exact) mass is 430 g/mol. The lowest BCUT2D eigenvalue weighted by Gasteiger charge is -2.41. The van der Waals surface area contributed by atoms with Crippen molar-refractivity contribution >= 4 is 11.5 Å². The first-order valence-electron chi connectivity index (χ1n) is 12.0. The number of carboxylic acids is 1. The second-order valence-electron chi connectivity index (χ2n) is 10.1. The average molecular weight is 431 g/mol. The number of carbonyl (C=O) groups is 1. The highest BCUT2D eigenvalue weighted by Crippen LogP contribution is 2.52.